The zero-order valence-electron chi connectivity index (χ0n) is 19.5. The van der Waals surface area contributed by atoms with Crippen LogP contribution in [0.3, 0.4) is 0 Å². The lowest BCUT2D eigenvalue weighted by atomic mass is 10.1. The van der Waals surface area contributed by atoms with Gasteiger partial charge in [0.15, 0.2) is 0 Å². The van der Waals surface area contributed by atoms with Crippen LogP contribution in [0.2, 0.25) is 0 Å². The number of hydrogen-bond donors (Lipinski definition) is 3. The Hall–Kier alpha value is -0.420. The maximum Gasteiger partial charge on any atom is 0.102 e. The van der Waals surface area contributed by atoms with Crippen LogP contribution in [-0.2, 0) is 0 Å². The minimum Gasteiger partial charge on any atom is -0.396 e. The molecule has 4 heteroatoms. The van der Waals surface area contributed by atoms with Crippen molar-refractivity contribution >= 4 is 0 Å². The van der Waals surface area contributed by atoms with Gasteiger partial charge in [-0.15, -0.1) is 0 Å². The second-order valence-corrected chi connectivity index (χ2v) is 8.70. The van der Waals surface area contributed by atoms with Crippen molar-refractivity contribution in [2.45, 2.75) is 103 Å². The predicted molar refractivity (Wildman–Crippen MR) is 125 cm³/mol. The van der Waals surface area contributed by atoms with Crippen LogP contribution in [0.15, 0.2) is 12.2 Å². The first-order chi connectivity index (χ1) is 14.2. The second kappa shape index (κ2) is 22.3. The van der Waals surface area contributed by atoms with E-state index in [1.165, 1.54) is 83.5 Å². The van der Waals surface area contributed by atoms with Crippen LogP contribution in [0, 0.1) is 0 Å². The first-order valence-corrected chi connectivity index (χ1v) is 12.6. The van der Waals surface area contributed by atoms with Gasteiger partial charge >= 0.3 is 0 Å². The summed E-state index contributed by atoms with van der Waals surface area (Å²) in [5, 5.41) is 27.9. The molecule has 0 saturated carbocycles. The van der Waals surface area contributed by atoms with Gasteiger partial charge in [0.25, 0.3) is 0 Å². The molecule has 0 heterocycles. The molecule has 29 heavy (non-hydrogen) atoms. The van der Waals surface area contributed by atoms with E-state index in [9.17, 15) is 10.2 Å². The van der Waals surface area contributed by atoms with Gasteiger partial charge in [-0.25, -0.2) is 0 Å². The topological polar surface area (TPSA) is 60.7 Å². The molecular weight excluding hydrogens is 362 g/mol. The van der Waals surface area contributed by atoms with Gasteiger partial charge in [-0.3, -0.25) is 0 Å². The monoisotopic (exact) mass is 414 g/mol. The molecule has 4 nitrogen and oxygen atoms in total. The highest BCUT2D eigenvalue weighted by molar-refractivity contribution is 4.81. The van der Waals surface area contributed by atoms with Crippen molar-refractivity contribution in [1.29, 1.82) is 0 Å². The summed E-state index contributed by atoms with van der Waals surface area (Å²) in [7, 11) is 0. The van der Waals surface area contributed by atoms with Gasteiger partial charge in [-0.2, -0.15) is 0 Å². The molecule has 0 rings (SSSR count). The molecule has 0 aliphatic carbocycles. The van der Waals surface area contributed by atoms with Crippen LogP contribution < -0.4 is 0 Å². The fourth-order valence-corrected chi connectivity index (χ4v) is 4.20. The van der Waals surface area contributed by atoms with E-state index in [0.717, 1.165) is 30.4 Å². The van der Waals surface area contributed by atoms with E-state index in [-0.39, 0.29) is 19.8 Å². The zero-order chi connectivity index (χ0) is 21.5. The summed E-state index contributed by atoms with van der Waals surface area (Å²) in [6.45, 7) is 5.98. The molecule has 0 fully saturated rings. The summed E-state index contributed by atoms with van der Waals surface area (Å²) >= 11 is 0. The van der Waals surface area contributed by atoms with Gasteiger partial charge < -0.3 is 19.8 Å². The Labute approximate surface area is 181 Å². The minimum absolute atomic E-state index is 0.151. The number of hydrogen-bond acceptors (Lipinski definition) is 3. The summed E-state index contributed by atoms with van der Waals surface area (Å²) in [5.41, 5.74) is 0. The Morgan fingerprint density at radius 1 is 0.483 bits per heavy atom. The third kappa shape index (κ3) is 18.1. The molecule has 0 unspecified atom stereocenters. The molecule has 0 aromatic heterocycles. The van der Waals surface area contributed by atoms with Crippen molar-refractivity contribution in [2.75, 3.05) is 46.0 Å². The molecule has 3 N–H and O–H groups in total. The average molecular weight is 415 g/mol. The third-order valence-corrected chi connectivity index (χ3v) is 6.08. The van der Waals surface area contributed by atoms with E-state index in [4.69, 9.17) is 5.11 Å². The Morgan fingerprint density at radius 3 is 1.41 bits per heavy atom. The highest BCUT2D eigenvalue weighted by Gasteiger charge is 2.25. The number of nitrogens with zero attached hydrogens (tertiary/aromatic N) is 1. The molecule has 174 valence electrons. The van der Waals surface area contributed by atoms with Gasteiger partial charge in [-0.05, 0) is 38.5 Å². The molecule has 0 aliphatic heterocycles. The molecular formula is C25H52NO3+. The first kappa shape index (κ1) is 28.6. The molecule has 0 aliphatic rings. The van der Waals surface area contributed by atoms with Crippen molar-refractivity contribution in [3.8, 4) is 0 Å². The molecule has 0 radical (unpaired) electrons. The Morgan fingerprint density at radius 2 is 0.931 bits per heavy atom. The number of allylic oxidation sites excluding steroid dienone is 2. The van der Waals surface area contributed by atoms with E-state index in [1.807, 2.05) is 0 Å². The normalized spacial score (nSPS) is 12.3. The maximum absolute atomic E-state index is 9.40. The number of quaternary nitrogens is 1. The Kier molecular flexibility index (Phi) is 21.9. The molecule has 0 bridgehead atoms. The van der Waals surface area contributed by atoms with Gasteiger partial charge in [0.05, 0.1) is 26.3 Å². The molecule has 0 atom stereocenters. The maximum atomic E-state index is 9.40. The van der Waals surface area contributed by atoms with Gasteiger partial charge in [0.1, 0.15) is 13.1 Å². The number of aliphatic hydroxyl groups is 3. The van der Waals surface area contributed by atoms with E-state index < -0.39 is 0 Å². The standard InChI is InChI=1S/C25H52NO3/c1-2-3-4-5-6-7-8-9-10-11-12-13-14-15-16-17-19-26(21-24-28,22-25-29)20-18-23-27/h9-10,27-29H,2-8,11-25H2,1H3/q+1/b10-9-. The summed E-state index contributed by atoms with van der Waals surface area (Å²) in [5.74, 6) is 0. The van der Waals surface area contributed by atoms with E-state index >= 15 is 0 Å². The van der Waals surface area contributed by atoms with E-state index in [2.05, 4.69) is 19.1 Å². The Bertz CT molecular complexity index is 341. The van der Waals surface area contributed by atoms with Crippen LogP contribution in [0.25, 0.3) is 0 Å². The fraction of sp³-hybridized carbons (Fsp3) is 0.920. The third-order valence-electron chi connectivity index (χ3n) is 6.08. The lowest BCUT2D eigenvalue weighted by Gasteiger charge is -2.38. The minimum atomic E-state index is 0.151. The quantitative estimate of drug-likeness (QED) is 0.122. The van der Waals surface area contributed by atoms with Gasteiger partial charge in [-0.1, -0.05) is 70.4 Å². The van der Waals surface area contributed by atoms with Crippen LogP contribution in [0.5, 0.6) is 0 Å². The molecule has 0 spiro atoms. The van der Waals surface area contributed by atoms with Crippen molar-refractivity contribution in [2.24, 2.45) is 0 Å². The molecule has 0 aromatic carbocycles. The number of unbranched alkanes of at least 4 members (excludes halogenated alkanes) is 12. The lowest BCUT2D eigenvalue weighted by Crippen LogP contribution is -2.53. The SMILES string of the molecule is CCCCCCCC/C=C\CCCCCCCC[N+](CCO)(CCO)CCCO. The largest absolute Gasteiger partial charge is 0.396 e. The zero-order valence-corrected chi connectivity index (χ0v) is 19.5. The van der Waals surface area contributed by atoms with Gasteiger partial charge in [0.2, 0.25) is 0 Å². The van der Waals surface area contributed by atoms with Crippen molar-refractivity contribution < 1.29 is 19.8 Å². The Balaban J connectivity index is 3.63. The number of rotatable bonds is 23. The van der Waals surface area contributed by atoms with E-state index in [0.29, 0.717) is 13.1 Å². The molecule has 0 aromatic rings. The van der Waals surface area contributed by atoms with Crippen LogP contribution in [0.1, 0.15) is 103 Å². The average Bonchev–Trinajstić information content (AvgIpc) is 2.72. The smallest absolute Gasteiger partial charge is 0.102 e. The van der Waals surface area contributed by atoms with E-state index in [1.54, 1.807) is 0 Å². The van der Waals surface area contributed by atoms with Crippen molar-refractivity contribution in [3.05, 3.63) is 12.2 Å². The number of aliphatic hydroxyl groups excluding tert-OH is 3. The summed E-state index contributed by atoms with van der Waals surface area (Å²) < 4.78 is 0.747. The summed E-state index contributed by atoms with van der Waals surface area (Å²) in [4.78, 5) is 0. The lowest BCUT2D eigenvalue weighted by molar-refractivity contribution is -0.929. The van der Waals surface area contributed by atoms with Crippen molar-refractivity contribution in [1.82, 2.24) is 0 Å². The highest BCUT2D eigenvalue weighted by Crippen LogP contribution is 2.14. The van der Waals surface area contributed by atoms with Crippen LogP contribution in [-0.4, -0.2) is 65.8 Å². The second-order valence-electron chi connectivity index (χ2n) is 8.70. The first-order valence-electron chi connectivity index (χ1n) is 12.6. The van der Waals surface area contributed by atoms with Crippen LogP contribution >= 0.6 is 0 Å². The van der Waals surface area contributed by atoms with Crippen LogP contribution in [0.4, 0.5) is 0 Å². The summed E-state index contributed by atoms with van der Waals surface area (Å²) in [6.07, 6.45) is 23.8. The van der Waals surface area contributed by atoms with Crippen molar-refractivity contribution in [3.63, 3.8) is 0 Å². The predicted octanol–water partition coefficient (Wildman–Crippen LogP) is 5.21. The highest BCUT2D eigenvalue weighted by atomic mass is 16.3. The van der Waals surface area contributed by atoms with Gasteiger partial charge in [0, 0.05) is 13.0 Å². The molecule has 0 amide bonds. The fourth-order valence-electron chi connectivity index (χ4n) is 4.20. The summed E-state index contributed by atoms with van der Waals surface area (Å²) in [6, 6.07) is 0. The molecule has 0 saturated heterocycles.